The highest BCUT2D eigenvalue weighted by Gasteiger charge is 2.50. The zero-order valence-electron chi connectivity index (χ0n) is 32.5. The van der Waals surface area contributed by atoms with Gasteiger partial charge in [0, 0.05) is 80.2 Å². The summed E-state index contributed by atoms with van der Waals surface area (Å²) in [6, 6.07) is 11.9. The SMILES string of the molecule is C=S1(=O)NC(=O)c2ccc3c(c2)N(C[C@@H]2CC[C@H]2[C@@](CN2CCN4CCS(=O)(=O)C[C@@H]4C2)(OC)/C=C/C[C@H](C)[C@H]1C)C[C@@]1(CCCc2cc(Cl)ccc21)CO3. The number of hydrogen-bond donors (Lipinski definition) is 1. The number of carbonyl (C=O) groups is 1. The fourth-order valence-electron chi connectivity index (χ4n) is 10.4. The van der Waals surface area contributed by atoms with E-state index in [4.69, 9.17) is 21.1 Å². The number of methoxy groups -OCH3 is 1. The summed E-state index contributed by atoms with van der Waals surface area (Å²) >= 11 is 6.52. The maximum Gasteiger partial charge on any atom is 0.262 e. The number of hydrogen-bond acceptors (Lipinski definition) is 9. The number of benzene rings is 2. The number of anilines is 1. The molecule has 1 amide bonds. The Morgan fingerprint density at radius 1 is 1.07 bits per heavy atom. The highest BCUT2D eigenvalue weighted by Crippen LogP contribution is 2.49. The van der Waals surface area contributed by atoms with Crippen LogP contribution in [0.4, 0.5) is 5.69 Å². The maximum absolute atomic E-state index is 14.1. The van der Waals surface area contributed by atoms with Gasteiger partial charge >= 0.3 is 0 Å². The predicted octanol–water partition coefficient (Wildman–Crippen LogP) is 4.98. The second-order valence-electron chi connectivity index (χ2n) is 17.4. The standard InChI is InChI=1S/C42H57ClN4O6S2/c1-29-7-5-16-42(52-3,27-45-17-18-46-19-20-55(50,51)25-35(46)24-45)37-12-9-33(37)23-47-26-41(15-6-8-31-21-34(43)11-13-36(31)41)28-53-39-14-10-32(22-38(39)47)40(48)44-54(4,49)30(29)2/h5,10-11,13-14,16,21-22,29-30,33,35,37H,4,6-9,12,15,17-20,23-28H2,1-3H3,(H,44,48,49)/b16-5+/t29-,30+,33-,35-,37+,41-,42+,54?/m0/s1. The van der Waals surface area contributed by atoms with E-state index in [9.17, 15) is 17.4 Å². The van der Waals surface area contributed by atoms with Crippen LogP contribution in [0, 0.1) is 17.8 Å². The van der Waals surface area contributed by atoms with Crippen LogP contribution in [-0.2, 0) is 36.1 Å². The average Bonchev–Trinajstić information content (AvgIpc) is 3.28. The molecule has 1 saturated carbocycles. The van der Waals surface area contributed by atoms with Crippen LogP contribution in [0.15, 0.2) is 48.6 Å². The molecule has 55 heavy (non-hydrogen) atoms. The van der Waals surface area contributed by atoms with E-state index in [1.807, 2.05) is 32.2 Å². The summed E-state index contributed by atoms with van der Waals surface area (Å²) in [6.45, 7) is 9.62. The molecule has 1 spiro atoms. The van der Waals surface area contributed by atoms with Gasteiger partial charge in [-0.1, -0.05) is 36.7 Å². The summed E-state index contributed by atoms with van der Waals surface area (Å²) in [5.41, 5.74) is 2.97. The number of allylic oxidation sites excluding steroid dienone is 1. The van der Waals surface area contributed by atoms with E-state index >= 15 is 0 Å². The van der Waals surface area contributed by atoms with Crippen LogP contribution in [0.25, 0.3) is 0 Å². The third-order valence-electron chi connectivity index (χ3n) is 14.1. The van der Waals surface area contributed by atoms with Crippen molar-refractivity contribution in [2.45, 2.75) is 74.7 Å². The number of amides is 1. The van der Waals surface area contributed by atoms with Crippen molar-refractivity contribution in [3.63, 3.8) is 0 Å². The second-order valence-corrected chi connectivity index (χ2v) is 22.5. The van der Waals surface area contributed by atoms with Crippen LogP contribution >= 0.6 is 11.6 Å². The summed E-state index contributed by atoms with van der Waals surface area (Å²) in [5.74, 6) is 5.31. The number of halogens is 1. The van der Waals surface area contributed by atoms with Crippen molar-refractivity contribution in [2.75, 3.05) is 75.9 Å². The highest BCUT2D eigenvalue weighted by atomic mass is 35.5. The van der Waals surface area contributed by atoms with Gasteiger partial charge < -0.3 is 14.4 Å². The van der Waals surface area contributed by atoms with E-state index in [-0.39, 0.29) is 46.0 Å². The minimum absolute atomic E-state index is 0.0118. The Hall–Kier alpha value is -2.61. The zero-order chi connectivity index (χ0) is 38.8. The van der Waals surface area contributed by atoms with Gasteiger partial charge in [-0.25, -0.2) is 12.6 Å². The molecule has 2 saturated heterocycles. The molecule has 0 radical (unpaired) electrons. The van der Waals surface area contributed by atoms with Crippen LogP contribution in [0.1, 0.15) is 67.4 Å². The molecule has 1 unspecified atom stereocenters. The molecule has 13 heteroatoms. The van der Waals surface area contributed by atoms with Crippen molar-refractivity contribution in [1.29, 1.82) is 0 Å². The van der Waals surface area contributed by atoms with Crippen molar-refractivity contribution < 1.29 is 26.9 Å². The number of carbonyl (C=O) groups excluding carboxylic acids is 1. The first-order valence-electron chi connectivity index (χ1n) is 20.1. The lowest BCUT2D eigenvalue weighted by molar-refractivity contribution is -0.0981. The Morgan fingerprint density at radius 2 is 1.91 bits per heavy atom. The van der Waals surface area contributed by atoms with Crippen LogP contribution in [0.5, 0.6) is 5.75 Å². The molecule has 10 nitrogen and oxygen atoms in total. The van der Waals surface area contributed by atoms with E-state index in [1.54, 1.807) is 6.07 Å². The van der Waals surface area contributed by atoms with E-state index in [0.29, 0.717) is 38.2 Å². The Balaban J connectivity index is 1.18. The number of ether oxygens (including phenoxy) is 2. The lowest BCUT2D eigenvalue weighted by Crippen LogP contribution is -2.63. The van der Waals surface area contributed by atoms with E-state index in [1.165, 1.54) is 11.1 Å². The first kappa shape index (κ1) is 39.2. The normalized spacial score (nSPS) is 37.3. The summed E-state index contributed by atoms with van der Waals surface area (Å²) in [7, 11) is -4.24. The Labute approximate surface area is 333 Å². The number of fused-ring (bicyclic) bond motifs is 5. The first-order chi connectivity index (χ1) is 26.2. The lowest BCUT2D eigenvalue weighted by Gasteiger charge is -2.53. The molecule has 8 atom stereocenters. The summed E-state index contributed by atoms with van der Waals surface area (Å²) in [4.78, 5) is 21.1. The molecule has 8 rings (SSSR count). The van der Waals surface area contributed by atoms with Gasteiger partial charge in [0.25, 0.3) is 5.91 Å². The average molecular weight is 814 g/mol. The second kappa shape index (κ2) is 15.0. The van der Waals surface area contributed by atoms with Crippen molar-refractivity contribution in [1.82, 2.24) is 14.5 Å². The molecule has 4 heterocycles. The van der Waals surface area contributed by atoms with Gasteiger partial charge in [-0.15, -0.1) is 0 Å². The van der Waals surface area contributed by atoms with Crippen molar-refractivity contribution >= 4 is 48.6 Å². The van der Waals surface area contributed by atoms with Gasteiger partial charge in [0.2, 0.25) is 0 Å². The van der Waals surface area contributed by atoms with Gasteiger partial charge in [-0.2, -0.15) is 0 Å². The van der Waals surface area contributed by atoms with Crippen LogP contribution in [0.3, 0.4) is 0 Å². The summed E-state index contributed by atoms with van der Waals surface area (Å²) < 4.78 is 55.7. The lowest BCUT2D eigenvalue weighted by atomic mass is 9.63. The van der Waals surface area contributed by atoms with Gasteiger partial charge in [0.15, 0.2) is 9.84 Å². The van der Waals surface area contributed by atoms with Gasteiger partial charge in [-0.3, -0.25) is 19.3 Å². The monoisotopic (exact) mass is 812 g/mol. The van der Waals surface area contributed by atoms with E-state index in [2.05, 4.69) is 56.5 Å². The molecular weight excluding hydrogens is 756 g/mol. The molecule has 3 fully saturated rings. The number of aryl methyl sites for hydroxylation is 1. The number of sulfone groups is 1. The molecule has 2 bridgehead atoms. The van der Waals surface area contributed by atoms with Crippen LogP contribution < -0.4 is 14.4 Å². The van der Waals surface area contributed by atoms with Crippen molar-refractivity contribution in [3.8, 4) is 5.75 Å². The smallest absolute Gasteiger partial charge is 0.262 e. The molecule has 2 aromatic carbocycles. The fraction of sp³-hybridized carbons (Fsp3) is 0.619. The van der Waals surface area contributed by atoms with Gasteiger partial charge in [0.05, 0.1) is 33.5 Å². The number of nitrogens with zero attached hydrogens (tertiary/aromatic N) is 3. The quantitative estimate of drug-likeness (QED) is 0.339. The Kier molecular flexibility index (Phi) is 10.7. The number of rotatable bonds is 3. The molecule has 0 aromatic heterocycles. The number of piperazine rings is 1. The molecule has 6 aliphatic rings. The fourth-order valence-corrected chi connectivity index (χ4v) is 13.7. The first-order valence-corrected chi connectivity index (χ1v) is 24.1. The zero-order valence-corrected chi connectivity index (χ0v) is 34.9. The third-order valence-corrected chi connectivity index (χ3v) is 18.2. The van der Waals surface area contributed by atoms with Crippen molar-refractivity contribution in [2.24, 2.45) is 17.8 Å². The maximum atomic E-state index is 14.1. The van der Waals surface area contributed by atoms with Gasteiger partial charge in [-0.05, 0) is 111 Å². The molecule has 1 N–H and O–H groups in total. The summed E-state index contributed by atoms with van der Waals surface area (Å²) in [6.07, 6.45) is 10.1. The minimum atomic E-state index is -3.06. The van der Waals surface area contributed by atoms with Crippen LogP contribution in [0.2, 0.25) is 5.02 Å². The Morgan fingerprint density at radius 3 is 2.69 bits per heavy atom. The summed E-state index contributed by atoms with van der Waals surface area (Å²) in [5, 5.41) is 0.358. The topological polar surface area (TPSA) is 108 Å². The molecule has 2 aliphatic carbocycles. The predicted molar refractivity (Wildman–Crippen MR) is 222 cm³/mol. The molecule has 300 valence electrons. The van der Waals surface area contributed by atoms with E-state index in [0.717, 1.165) is 74.7 Å². The third kappa shape index (κ3) is 7.60. The molecule has 4 aliphatic heterocycles. The van der Waals surface area contributed by atoms with Crippen molar-refractivity contribution in [3.05, 3.63) is 70.3 Å². The van der Waals surface area contributed by atoms with E-state index < -0.39 is 31.1 Å². The molecule has 2 aromatic rings. The minimum Gasteiger partial charge on any atom is -0.490 e. The van der Waals surface area contributed by atoms with Crippen LogP contribution in [-0.4, -0.2) is 122 Å². The Bertz CT molecular complexity index is 2060. The molecular formula is C42H57ClN4O6S2. The highest BCUT2D eigenvalue weighted by molar-refractivity contribution is 7.99. The van der Waals surface area contributed by atoms with Gasteiger partial charge in [0.1, 0.15) is 11.4 Å². The number of nitrogens with one attached hydrogen (secondary N) is 1. The largest absolute Gasteiger partial charge is 0.490 e.